The van der Waals surface area contributed by atoms with Crippen molar-refractivity contribution in [3.05, 3.63) is 41.6 Å². The molecule has 18 heavy (non-hydrogen) atoms. The summed E-state index contributed by atoms with van der Waals surface area (Å²) in [5.74, 6) is 0. The van der Waals surface area contributed by atoms with Gasteiger partial charge in [0.25, 0.3) is 0 Å². The van der Waals surface area contributed by atoms with Gasteiger partial charge < -0.3 is 0 Å². The van der Waals surface area contributed by atoms with Gasteiger partial charge in [-0.1, -0.05) is 83.6 Å². The summed E-state index contributed by atoms with van der Waals surface area (Å²) < 4.78 is 0. The van der Waals surface area contributed by atoms with Crippen LogP contribution in [0.25, 0.3) is 6.08 Å². The minimum absolute atomic E-state index is 0.789. The Morgan fingerprint density at radius 1 is 0.778 bits per heavy atom. The first kappa shape index (κ1) is 15.2. The molecule has 0 nitrogen and oxygen atoms in total. The van der Waals surface area contributed by atoms with Crippen molar-refractivity contribution >= 4 is 14.1 Å². The van der Waals surface area contributed by atoms with Gasteiger partial charge in [0.15, 0.2) is 0 Å². The molecule has 1 heteroatoms. The standard InChI is InChI=1S/C17H28Si/c1-14(2)18(15(3)4,16(5)6)13-12-17-10-8-7-9-11-17/h7-16H,1-6H3/b13-12-. The van der Waals surface area contributed by atoms with Crippen LogP contribution in [0.3, 0.4) is 0 Å². The number of hydrogen-bond acceptors (Lipinski definition) is 0. The van der Waals surface area contributed by atoms with Gasteiger partial charge in [-0.15, -0.1) is 0 Å². The van der Waals surface area contributed by atoms with E-state index >= 15 is 0 Å². The van der Waals surface area contributed by atoms with Gasteiger partial charge in [-0.05, 0) is 22.2 Å². The first-order valence-corrected chi connectivity index (χ1v) is 9.46. The summed E-state index contributed by atoms with van der Waals surface area (Å²) in [6, 6.07) is 10.7. The zero-order chi connectivity index (χ0) is 13.8. The van der Waals surface area contributed by atoms with Gasteiger partial charge in [0.05, 0.1) is 8.07 Å². The summed E-state index contributed by atoms with van der Waals surface area (Å²) in [4.78, 5) is 0. The van der Waals surface area contributed by atoms with Gasteiger partial charge in [-0.3, -0.25) is 0 Å². The highest BCUT2D eigenvalue weighted by atomic mass is 28.3. The SMILES string of the molecule is CC(C)[Si](/C=C\c1ccccc1)(C(C)C)C(C)C. The monoisotopic (exact) mass is 260 g/mol. The van der Waals surface area contributed by atoms with Crippen LogP contribution in [0.15, 0.2) is 36.0 Å². The van der Waals surface area contributed by atoms with Crippen molar-refractivity contribution in [2.75, 3.05) is 0 Å². The van der Waals surface area contributed by atoms with E-state index in [2.05, 4.69) is 83.6 Å². The molecule has 0 heterocycles. The van der Waals surface area contributed by atoms with E-state index in [1.165, 1.54) is 5.56 Å². The maximum absolute atomic E-state index is 2.59. The minimum atomic E-state index is -1.39. The van der Waals surface area contributed by atoms with E-state index in [1.54, 1.807) is 0 Å². The first-order valence-electron chi connectivity index (χ1n) is 7.15. The summed E-state index contributed by atoms with van der Waals surface area (Å²) in [7, 11) is -1.39. The Kier molecular flexibility index (Phi) is 5.40. The second-order valence-electron chi connectivity index (χ2n) is 6.21. The average Bonchev–Trinajstić information content (AvgIpc) is 2.29. The summed E-state index contributed by atoms with van der Waals surface area (Å²) >= 11 is 0. The Hall–Kier alpha value is -0.823. The van der Waals surface area contributed by atoms with Crippen LogP contribution in [0.2, 0.25) is 16.6 Å². The highest BCUT2D eigenvalue weighted by Crippen LogP contribution is 2.42. The summed E-state index contributed by atoms with van der Waals surface area (Å²) in [6.45, 7) is 14.4. The maximum atomic E-state index is 2.59. The minimum Gasteiger partial charge on any atom is -0.0929 e. The molecule has 1 rings (SSSR count). The summed E-state index contributed by atoms with van der Waals surface area (Å²) in [6.07, 6.45) is 2.35. The molecule has 0 atom stereocenters. The smallest absolute Gasteiger partial charge is 0.0853 e. The third-order valence-corrected chi connectivity index (χ3v) is 11.1. The van der Waals surface area contributed by atoms with Gasteiger partial charge in [0, 0.05) is 0 Å². The summed E-state index contributed by atoms with van der Waals surface area (Å²) in [5, 5.41) is 0. The predicted molar refractivity (Wildman–Crippen MR) is 86.5 cm³/mol. The number of hydrogen-bond donors (Lipinski definition) is 0. The fraction of sp³-hybridized carbons (Fsp3) is 0.529. The lowest BCUT2D eigenvalue weighted by molar-refractivity contribution is 0.834. The maximum Gasteiger partial charge on any atom is 0.0853 e. The average molecular weight is 260 g/mol. The molecule has 0 amide bonds. The van der Waals surface area contributed by atoms with E-state index in [9.17, 15) is 0 Å². The van der Waals surface area contributed by atoms with Gasteiger partial charge in [-0.2, -0.15) is 0 Å². The normalized spacial score (nSPS) is 13.2. The molecular formula is C17H28Si. The third-order valence-electron chi connectivity index (χ3n) is 4.36. The van der Waals surface area contributed by atoms with Crippen molar-refractivity contribution in [2.45, 2.75) is 58.2 Å². The van der Waals surface area contributed by atoms with Crippen molar-refractivity contribution in [3.63, 3.8) is 0 Å². The van der Waals surface area contributed by atoms with E-state index in [4.69, 9.17) is 0 Å². The molecule has 0 unspecified atom stereocenters. The Labute approximate surface area is 114 Å². The van der Waals surface area contributed by atoms with Crippen molar-refractivity contribution in [3.8, 4) is 0 Å². The Morgan fingerprint density at radius 2 is 1.22 bits per heavy atom. The molecule has 0 saturated heterocycles. The van der Waals surface area contributed by atoms with Crippen LogP contribution in [-0.2, 0) is 0 Å². The third kappa shape index (κ3) is 3.14. The van der Waals surface area contributed by atoms with Crippen LogP contribution < -0.4 is 0 Å². The van der Waals surface area contributed by atoms with Gasteiger partial charge in [-0.25, -0.2) is 0 Å². The van der Waals surface area contributed by atoms with Gasteiger partial charge in [0.2, 0.25) is 0 Å². The molecular weight excluding hydrogens is 232 g/mol. The molecule has 0 aliphatic carbocycles. The van der Waals surface area contributed by atoms with Crippen LogP contribution in [-0.4, -0.2) is 8.07 Å². The van der Waals surface area contributed by atoms with E-state index < -0.39 is 8.07 Å². The van der Waals surface area contributed by atoms with Crippen LogP contribution in [0.5, 0.6) is 0 Å². The molecule has 0 bridgehead atoms. The molecule has 0 spiro atoms. The van der Waals surface area contributed by atoms with Crippen LogP contribution in [0.4, 0.5) is 0 Å². The molecule has 0 fully saturated rings. The Bertz CT molecular complexity index is 352. The van der Waals surface area contributed by atoms with E-state index in [0.717, 1.165) is 16.6 Å². The van der Waals surface area contributed by atoms with Crippen molar-refractivity contribution < 1.29 is 0 Å². The van der Waals surface area contributed by atoms with E-state index in [-0.39, 0.29) is 0 Å². The van der Waals surface area contributed by atoms with Crippen molar-refractivity contribution in [1.82, 2.24) is 0 Å². The molecule has 100 valence electrons. The van der Waals surface area contributed by atoms with Crippen LogP contribution in [0, 0.1) is 0 Å². The van der Waals surface area contributed by atoms with Gasteiger partial charge in [0.1, 0.15) is 0 Å². The predicted octanol–water partition coefficient (Wildman–Crippen LogP) is 5.92. The molecule has 0 saturated carbocycles. The topological polar surface area (TPSA) is 0 Å². The fourth-order valence-corrected chi connectivity index (χ4v) is 9.02. The zero-order valence-electron chi connectivity index (χ0n) is 12.8. The second kappa shape index (κ2) is 6.37. The fourth-order valence-electron chi connectivity index (χ4n) is 3.38. The molecule has 0 aromatic heterocycles. The van der Waals surface area contributed by atoms with Crippen molar-refractivity contribution in [2.24, 2.45) is 0 Å². The molecule has 0 N–H and O–H groups in total. The second-order valence-corrected chi connectivity index (χ2v) is 12.0. The molecule has 1 aromatic rings. The van der Waals surface area contributed by atoms with Crippen LogP contribution in [0.1, 0.15) is 47.1 Å². The van der Waals surface area contributed by atoms with Gasteiger partial charge >= 0.3 is 0 Å². The lowest BCUT2D eigenvalue weighted by Crippen LogP contribution is -2.42. The number of rotatable bonds is 5. The largest absolute Gasteiger partial charge is 0.0929 e. The number of benzene rings is 1. The Balaban J connectivity index is 3.09. The molecule has 1 aromatic carbocycles. The Morgan fingerprint density at radius 3 is 1.61 bits per heavy atom. The van der Waals surface area contributed by atoms with E-state index in [1.807, 2.05) is 0 Å². The lowest BCUT2D eigenvalue weighted by atomic mass is 10.2. The summed E-state index contributed by atoms with van der Waals surface area (Å²) in [5.41, 5.74) is 6.28. The molecule has 0 aliphatic rings. The lowest BCUT2D eigenvalue weighted by Gasteiger charge is -2.40. The molecule has 0 radical (unpaired) electrons. The van der Waals surface area contributed by atoms with E-state index in [0.29, 0.717) is 0 Å². The quantitative estimate of drug-likeness (QED) is 0.577. The highest BCUT2D eigenvalue weighted by Gasteiger charge is 2.39. The zero-order valence-corrected chi connectivity index (χ0v) is 13.8. The van der Waals surface area contributed by atoms with Crippen LogP contribution >= 0.6 is 0 Å². The van der Waals surface area contributed by atoms with Crippen molar-refractivity contribution in [1.29, 1.82) is 0 Å². The first-order chi connectivity index (χ1) is 8.41. The molecule has 0 aliphatic heterocycles. The highest BCUT2D eigenvalue weighted by molar-refractivity contribution is 6.88.